The summed E-state index contributed by atoms with van der Waals surface area (Å²) in [5.74, 6) is 1.13. The molecule has 16 heavy (non-hydrogen) atoms. The van der Waals surface area contributed by atoms with Crippen LogP contribution < -0.4 is 5.73 Å². The Bertz CT molecular complexity index is 384. The second-order valence-electron chi connectivity index (χ2n) is 3.79. The van der Waals surface area contributed by atoms with Crippen LogP contribution in [-0.2, 0) is 16.6 Å². The van der Waals surface area contributed by atoms with Gasteiger partial charge in [0.05, 0.1) is 0 Å². The molecule has 1 rings (SSSR count). The van der Waals surface area contributed by atoms with E-state index < -0.39 is 10.8 Å². The van der Waals surface area contributed by atoms with Crippen molar-refractivity contribution in [3.05, 3.63) is 33.3 Å². The van der Waals surface area contributed by atoms with Crippen molar-refractivity contribution in [2.45, 2.75) is 25.1 Å². The quantitative estimate of drug-likeness (QED) is 0.904. The van der Waals surface area contributed by atoms with Gasteiger partial charge in [-0.25, -0.2) is 0 Å². The van der Waals surface area contributed by atoms with Crippen molar-refractivity contribution in [2.24, 2.45) is 5.73 Å². The maximum Gasteiger partial charge on any atom is 0.0500 e. The summed E-state index contributed by atoms with van der Waals surface area (Å²) in [6.45, 7) is 1.92. The van der Waals surface area contributed by atoms with Gasteiger partial charge in [0.2, 0.25) is 0 Å². The van der Waals surface area contributed by atoms with Crippen LogP contribution in [-0.4, -0.2) is 16.0 Å². The molecule has 0 bridgehead atoms. The number of rotatable bonds is 5. The van der Waals surface area contributed by atoms with E-state index in [1.807, 2.05) is 25.1 Å². The van der Waals surface area contributed by atoms with E-state index in [4.69, 9.17) is 17.3 Å². The molecule has 2 nitrogen and oxygen atoms in total. The molecule has 0 radical (unpaired) electrons. The lowest BCUT2D eigenvalue weighted by molar-refractivity contribution is 0.667. The van der Waals surface area contributed by atoms with Gasteiger partial charge in [0.25, 0.3) is 0 Å². The molecular weight excluding hydrogens is 310 g/mol. The Balaban J connectivity index is 2.56. The lowest BCUT2D eigenvalue weighted by Crippen LogP contribution is -2.18. The molecule has 0 aliphatic carbocycles. The molecule has 1 aromatic carbocycles. The molecule has 0 fully saturated rings. The number of benzene rings is 1. The van der Waals surface area contributed by atoms with Gasteiger partial charge in [0, 0.05) is 37.8 Å². The Morgan fingerprint density at radius 2 is 2.25 bits per heavy atom. The Labute approximate surface area is 112 Å². The Hall–Kier alpha value is 0.1000. The minimum atomic E-state index is -0.888. The molecule has 0 amide bonds. The van der Waals surface area contributed by atoms with Crippen LogP contribution >= 0.6 is 27.5 Å². The molecule has 0 aliphatic heterocycles. The van der Waals surface area contributed by atoms with Gasteiger partial charge in [-0.2, -0.15) is 0 Å². The second kappa shape index (κ2) is 6.74. The van der Waals surface area contributed by atoms with Crippen LogP contribution in [0.4, 0.5) is 0 Å². The Morgan fingerprint density at radius 1 is 1.56 bits per heavy atom. The Kier molecular flexibility index (Phi) is 5.97. The van der Waals surface area contributed by atoms with Crippen molar-refractivity contribution in [2.75, 3.05) is 5.75 Å². The first-order valence-electron chi connectivity index (χ1n) is 5.03. The van der Waals surface area contributed by atoms with Crippen molar-refractivity contribution < 1.29 is 4.21 Å². The highest BCUT2D eigenvalue weighted by atomic mass is 79.9. The van der Waals surface area contributed by atoms with E-state index in [-0.39, 0.29) is 6.04 Å². The van der Waals surface area contributed by atoms with E-state index >= 15 is 0 Å². The SMILES string of the molecule is CC(N)CCS(=O)Cc1ccc(Br)cc1Cl. The van der Waals surface area contributed by atoms with Crippen molar-refractivity contribution in [1.82, 2.24) is 0 Å². The highest BCUT2D eigenvalue weighted by Gasteiger charge is 2.07. The van der Waals surface area contributed by atoms with Gasteiger partial charge < -0.3 is 5.73 Å². The van der Waals surface area contributed by atoms with Crippen LogP contribution in [0.3, 0.4) is 0 Å². The molecular formula is C11H15BrClNOS. The zero-order valence-electron chi connectivity index (χ0n) is 9.08. The van der Waals surface area contributed by atoms with Gasteiger partial charge in [0.15, 0.2) is 0 Å². The van der Waals surface area contributed by atoms with E-state index in [0.29, 0.717) is 16.5 Å². The molecule has 2 unspecified atom stereocenters. The topological polar surface area (TPSA) is 43.1 Å². The third-order valence-electron chi connectivity index (χ3n) is 2.13. The molecule has 1 aromatic rings. The molecule has 0 aliphatic rings. The van der Waals surface area contributed by atoms with Crippen molar-refractivity contribution in [1.29, 1.82) is 0 Å². The number of halogens is 2. The number of hydrogen-bond acceptors (Lipinski definition) is 2. The number of nitrogens with two attached hydrogens (primary N) is 1. The van der Waals surface area contributed by atoms with Gasteiger partial charge in [-0.1, -0.05) is 33.6 Å². The Morgan fingerprint density at radius 3 is 2.81 bits per heavy atom. The summed E-state index contributed by atoms with van der Waals surface area (Å²) in [4.78, 5) is 0. The van der Waals surface area contributed by atoms with Crippen molar-refractivity contribution in [3.8, 4) is 0 Å². The predicted molar refractivity (Wildman–Crippen MR) is 74.1 cm³/mol. The maximum atomic E-state index is 11.7. The first-order valence-corrected chi connectivity index (χ1v) is 7.69. The summed E-state index contributed by atoms with van der Waals surface area (Å²) in [5, 5.41) is 0.656. The van der Waals surface area contributed by atoms with Gasteiger partial charge in [-0.3, -0.25) is 4.21 Å². The van der Waals surface area contributed by atoms with Gasteiger partial charge in [-0.15, -0.1) is 0 Å². The molecule has 0 saturated heterocycles. The van der Waals surface area contributed by atoms with E-state index in [1.54, 1.807) is 0 Å². The summed E-state index contributed by atoms with van der Waals surface area (Å²) >= 11 is 9.38. The lowest BCUT2D eigenvalue weighted by atomic mass is 10.2. The molecule has 0 saturated carbocycles. The summed E-state index contributed by atoms with van der Waals surface area (Å²) in [6.07, 6.45) is 0.779. The molecule has 90 valence electrons. The second-order valence-corrected chi connectivity index (χ2v) is 6.69. The molecule has 5 heteroatoms. The predicted octanol–water partition coefficient (Wildman–Crippen LogP) is 3.09. The van der Waals surface area contributed by atoms with Crippen molar-refractivity contribution >= 4 is 38.3 Å². The standard InChI is InChI=1S/C11H15BrClNOS/c1-8(14)4-5-16(15)7-9-2-3-10(12)6-11(9)13/h2-3,6,8H,4-5,7,14H2,1H3. The van der Waals surface area contributed by atoms with Crippen LogP contribution in [0, 0.1) is 0 Å². The third-order valence-corrected chi connectivity index (χ3v) is 4.30. The van der Waals surface area contributed by atoms with Gasteiger partial charge >= 0.3 is 0 Å². The van der Waals surface area contributed by atoms with Crippen LogP contribution in [0.25, 0.3) is 0 Å². The van der Waals surface area contributed by atoms with Gasteiger partial charge in [-0.05, 0) is 31.0 Å². The summed E-state index contributed by atoms with van der Waals surface area (Å²) < 4.78 is 12.7. The average Bonchev–Trinajstić information content (AvgIpc) is 2.19. The molecule has 0 aromatic heterocycles. The van der Waals surface area contributed by atoms with E-state index in [2.05, 4.69) is 15.9 Å². The molecule has 0 spiro atoms. The summed E-state index contributed by atoms with van der Waals surface area (Å²) in [7, 11) is -0.888. The minimum Gasteiger partial charge on any atom is -0.328 e. The monoisotopic (exact) mass is 323 g/mol. The van der Waals surface area contributed by atoms with Crippen LogP contribution in [0.15, 0.2) is 22.7 Å². The fourth-order valence-electron chi connectivity index (χ4n) is 1.20. The molecule has 2 atom stereocenters. The van der Waals surface area contributed by atoms with Crippen molar-refractivity contribution in [3.63, 3.8) is 0 Å². The zero-order valence-corrected chi connectivity index (χ0v) is 12.2. The summed E-state index contributed by atoms with van der Waals surface area (Å²) in [5.41, 5.74) is 6.54. The third kappa shape index (κ3) is 4.95. The zero-order chi connectivity index (χ0) is 12.1. The smallest absolute Gasteiger partial charge is 0.0500 e. The first-order chi connectivity index (χ1) is 7.49. The van der Waals surface area contributed by atoms with Gasteiger partial charge in [0.1, 0.15) is 0 Å². The minimum absolute atomic E-state index is 0.101. The average molecular weight is 325 g/mol. The first kappa shape index (κ1) is 14.2. The van der Waals surface area contributed by atoms with E-state index in [1.165, 1.54) is 0 Å². The van der Waals surface area contributed by atoms with E-state index in [0.717, 1.165) is 16.5 Å². The molecule has 2 N–H and O–H groups in total. The summed E-state index contributed by atoms with van der Waals surface area (Å²) in [6, 6.07) is 5.73. The van der Waals surface area contributed by atoms with Crippen LogP contribution in [0.1, 0.15) is 18.9 Å². The van der Waals surface area contributed by atoms with E-state index in [9.17, 15) is 4.21 Å². The normalized spacial score (nSPS) is 14.8. The largest absolute Gasteiger partial charge is 0.328 e. The van der Waals surface area contributed by atoms with Crippen LogP contribution in [0.5, 0.6) is 0 Å². The fraction of sp³-hybridized carbons (Fsp3) is 0.455. The number of hydrogen-bond donors (Lipinski definition) is 1. The fourth-order valence-corrected chi connectivity index (χ4v) is 3.40. The van der Waals surface area contributed by atoms with Crippen LogP contribution in [0.2, 0.25) is 5.02 Å². The molecule has 0 heterocycles. The highest BCUT2D eigenvalue weighted by Crippen LogP contribution is 2.22. The lowest BCUT2D eigenvalue weighted by Gasteiger charge is -2.07. The maximum absolute atomic E-state index is 11.7. The highest BCUT2D eigenvalue weighted by molar-refractivity contribution is 9.10.